The van der Waals surface area contributed by atoms with E-state index in [1.165, 1.54) is 11.3 Å². The Kier molecular flexibility index (Phi) is 5.09. The molecule has 0 spiro atoms. The van der Waals surface area contributed by atoms with Gasteiger partial charge in [-0.1, -0.05) is 19.9 Å². The molecular formula is C19H23NO3S. The largest absolute Gasteiger partial charge is 0.490 e. The van der Waals surface area contributed by atoms with Crippen LogP contribution in [0.2, 0.25) is 0 Å². The highest BCUT2D eigenvalue weighted by molar-refractivity contribution is 7.13. The van der Waals surface area contributed by atoms with Crippen LogP contribution in [0, 0.1) is 12.8 Å². The predicted octanol–water partition coefficient (Wildman–Crippen LogP) is 4.34. The molecule has 0 saturated heterocycles. The predicted molar refractivity (Wildman–Crippen MR) is 96.2 cm³/mol. The van der Waals surface area contributed by atoms with Gasteiger partial charge in [0.15, 0.2) is 11.5 Å². The summed E-state index contributed by atoms with van der Waals surface area (Å²) in [5, 5.41) is 3.16. The summed E-state index contributed by atoms with van der Waals surface area (Å²) in [5.74, 6) is 1.77. The third-order valence-electron chi connectivity index (χ3n) is 4.05. The van der Waals surface area contributed by atoms with Crippen LogP contribution in [0.5, 0.6) is 11.5 Å². The molecule has 1 aromatic heterocycles. The normalized spacial score (nSPS) is 15.0. The lowest BCUT2D eigenvalue weighted by Crippen LogP contribution is -2.31. The Morgan fingerprint density at radius 2 is 1.88 bits per heavy atom. The summed E-state index contributed by atoms with van der Waals surface area (Å²) in [6.45, 7) is 7.55. The molecule has 1 aliphatic rings. The number of fused-ring (bicyclic) bond motifs is 1. The van der Waals surface area contributed by atoms with Crippen molar-refractivity contribution in [3.63, 3.8) is 0 Å². The van der Waals surface area contributed by atoms with Crippen LogP contribution in [0.4, 0.5) is 0 Å². The van der Waals surface area contributed by atoms with Crippen LogP contribution in [0.25, 0.3) is 0 Å². The van der Waals surface area contributed by atoms with Crippen LogP contribution in [0.1, 0.15) is 46.4 Å². The van der Waals surface area contributed by atoms with E-state index in [1.807, 2.05) is 37.3 Å². The summed E-state index contributed by atoms with van der Waals surface area (Å²) < 4.78 is 11.5. The van der Waals surface area contributed by atoms with Gasteiger partial charge in [0.2, 0.25) is 0 Å². The smallest absolute Gasteiger partial charge is 0.261 e. The Hall–Kier alpha value is -2.01. The zero-order valence-corrected chi connectivity index (χ0v) is 15.1. The molecule has 0 bridgehead atoms. The van der Waals surface area contributed by atoms with Gasteiger partial charge in [-0.25, -0.2) is 0 Å². The number of nitrogens with one attached hydrogen (secondary N) is 1. The molecule has 2 heterocycles. The van der Waals surface area contributed by atoms with Gasteiger partial charge in [-0.2, -0.15) is 0 Å². The first-order chi connectivity index (χ1) is 11.5. The van der Waals surface area contributed by atoms with Crippen molar-refractivity contribution in [1.82, 2.24) is 5.32 Å². The maximum absolute atomic E-state index is 12.5. The summed E-state index contributed by atoms with van der Waals surface area (Å²) in [6, 6.07) is 9.71. The summed E-state index contributed by atoms with van der Waals surface area (Å²) >= 11 is 1.51. The lowest BCUT2D eigenvalue weighted by atomic mass is 9.95. The minimum absolute atomic E-state index is 0.0288. The van der Waals surface area contributed by atoms with Crippen LogP contribution in [-0.2, 0) is 0 Å². The van der Waals surface area contributed by atoms with Crippen LogP contribution >= 0.6 is 11.3 Å². The third kappa shape index (κ3) is 3.73. The Bertz CT molecular complexity index is 723. The van der Waals surface area contributed by atoms with Crippen LogP contribution in [0.3, 0.4) is 0 Å². The van der Waals surface area contributed by atoms with Gasteiger partial charge < -0.3 is 14.8 Å². The van der Waals surface area contributed by atoms with E-state index in [0.29, 0.717) is 13.2 Å². The first-order valence-corrected chi connectivity index (χ1v) is 9.13. The molecule has 0 saturated carbocycles. The molecule has 24 heavy (non-hydrogen) atoms. The topological polar surface area (TPSA) is 47.6 Å². The quantitative estimate of drug-likeness (QED) is 0.896. The molecule has 1 aromatic carbocycles. The van der Waals surface area contributed by atoms with E-state index in [-0.39, 0.29) is 17.9 Å². The Morgan fingerprint density at radius 1 is 1.12 bits per heavy atom. The number of thiophene rings is 1. The van der Waals surface area contributed by atoms with Gasteiger partial charge in [-0.05, 0) is 42.7 Å². The number of hydrogen-bond donors (Lipinski definition) is 1. The molecular weight excluding hydrogens is 322 g/mol. The van der Waals surface area contributed by atoms with Crippen molar-refractivity contribution in [2.24, 2.45) is 5.92 Å². The van der Waals surface area contributed by atoms with E-state index in [9.17, 15) is 4.79 Å². The summed E-state index contributed by atoms with van der Waals surface area (Å²) in [4.78, 5) is 14.4. The Labute approximate surface area is 146 Å². The molecule has 0 fully saturated rings. The van der Waals surface area contributed by atoms with E-state index >= 15 is 0 Å². The molecule has 1 atom stereocenters. The fourth-order valence-corrected chi connectivity index (χ4v) is 3.55. The van der Waals surface area contributed by atoms with Gasteiger partial charge in [0.05, 0.1) is 24.1 Å². The third-order valence-corrected chi connectivity index (χ3v) is 5.05. The summed E-state index contributed by atoms with van der Waals surface area (Å²) in [6.07, 6.45) is 0.881. The van der Waals surface area contributed by atoms with Crippen molar-refractivity contribution in [2.45, 2.75) is 33.2 Å². The molecule has 0 radical (unpaired) electrons. The second-order valence-electron chi connectivity index (χ2n) is 6.36. The van der Waals surface area contributed by atoms with E-state index in [2.05, 4.69) is 19.2 Å². The van der Waals surface area contributed by atoms with Gasteiger partial charge in [-0.3, -0.25) is 4.79 Å². The van der Waals surface area contributed by atoms with Crippen LogP contribution in [0.15, 0.2) is 30.3 Å². The van der Waals surface area contributed by atoms with Crippen molar-refractivity contribution >= 4 is 17.2 Å². The molecule has 4 nitrogen and oxygen atoms in total. The highest BCUT2D eigenvalue weighted by Crippen LogP contribution is 2.34. The highest BCUT2D eigenvalue weighted by atomic mass is 32.1. The van der Waals surface area contributed by atoms with Crippen molar-refractivity contribution in [1.29, 1.82) is 0 Å². The maximum atomic E-state index is 12.5. The molecule has 0 unspecified atom stereocenters. The minimum atomic E-state index is -0.0722. The standard InChI is InChI=1S/C19H23NO3S/c1-12(2)18(20-19(21)17-8-5-13(3)24-17)14-6-7-15-16(11-14)23-10-4-9-22-15/h5-8,11-12,18H,4,9-10H2,1-3H3,(H,20,21)/t18-/m1/s1. The molecule has 3 rings (SSSR count). The molecule has 1 amide bonds. The van der Waals surface area contributed by atoms with Gasteiger partial charge in [0.25, 0.3) is 5.91 Å². The Morgan fingerprint density at radius 3 is 2.54 bits per heavy atom. The van der Waals surface area contributed by atoms with E-state index in [0.717, 1.165) is 33.2 Å². The lowest BCUT2D eigenvalue weighted by molar-refractivity contribution is 0.0929. The van der Waals surface area contributed by atoms with Crippen LogP contribution in [-0.4, -0.2) is 19.1 Å². The summed E-state index contributed by atoms with van der Waals surface area (Å²) in [5.41, 5.74) is 1.04. The number of amides is 1. The second kappa shape index (κ2) is 7.26. The van der Waals surface area contributed by atoms with Gasteiger partial charge in [0.1, 0.15) is 0 Å². The summed E-state index contributed by atoms with van der Waals surface area (Å²) in [7, 11) is 0. The SMILES string of the molecule is Cc1ccc(C(=O)N[C@@H](c2ccc3c(c2)OCCCO3)C(C)C)s1. The lowest BCUT2D eigenvalue weighted by Gasteiger charge is -2.23. The van der Waals surface area contributed by atoms with Gasteiger partial charge >= 0.3 is 0 Å². The molecule has 5 heteroatoms. The number of aryl methyl sites for hydroxylation is 1. The average Bonchev–Trinajstić information content (AvgIpc) is 2.86. The number of ether oxygens (including phenoxy) is 2. The second-order valence-corrected chi connectivity index (χ2v) is 7.65. The highest BCUT2D eigenvalue weighted by Gasteiger charge is 2.22. The van der Waals surface area contributed by atoms with Gasteiger partial charge in [0, 0.05) is 11.3 Å². The minimum Gasteiger partial charge on any atom is -0.490 e. The molecule has 128 valence electrons. The number of benzene rings is 1. The molecule has 1 N–H and O–H groups in total. The van der Waals surface area contributed by atoms with Gasteiger partial charge in [-0.15, -0.1) is 11.3 Å². The molecule has 2 aromatic rings. The zero-order chi connectivity index (χ0) is 17.1. The first kappa shape index (κ1) is 16.8. The first-order valence-electron chi connectivity index (χ1n) is 8.31. The van der Waals surface area contributed by atoms with Crippen LogP contribution < -0.4 is 14.8 Å². The van der Waals surface area contributed by atoms with Crippen molar-refractivity contribution in [2.75, 3.05) is 13.2 Å². The van der Waals surface area contributed by atoms with E-state index < -0.39 is 0 Å². The average molecular weight is 345 g/mol. The van der Waals surface area contributed by atoms with Crippen molar-refractivity contribution < 1.29 is 14.3 Å². The number of hydrogen-bond acceptors (Lipinski definition) is 4. The van der Waals surface area contributed by atoms with Crippen molar-refractivity contribution in [3.8, 4) is 11.5 Å². The van der Waals surface area contributed by atoms with E-state index in [4.69, 9.17) is 9.47 Å². The fourth-order valence-electron chi connectivity index (χ4n) is 2.78. The monoisotopic (exact) mass is 345 g/mol. The maximum Gasteiger partial charge on any atom is 0.261 e. The van der Waals surface area contributed by atoms with E-state index in [1.54, 1.807) is 0 Å². The number of rotatable bonds is 4. The zero-order valence-electron chi connectivity index (χ0n) is 14.3. The fraction of sp³-hybridized carbons (Fsp3) is 0.421. The molecule has 0 aliphatic carbocycles. The van der Waals surface area contributed by atoms with Crippen molar-refractivity contribution in [3.05, 3.63) is 45.6 Å². The number of carbonyl (C=O) groups excluding carboxylic acids is 1. The Balaban J connectivity index is 1.83. The number of carbonyl (C=O) groups is 1. The molecule has 1 aliphatic heterocycles.